The van der Waals surface area contributed by atoms with Gasteiger partial charge in [0.1, 0.15) is 0 Å². The average molecular weight is 422 g/mol. The molecule has 0 amide bonds. The number of allylic oxidation sites excluding steroid dienone is 1. The zero-order chi connectivity index (χ0) is 20.3. The van der Waals surface area contributed by atoms with E-state index < -0.39 is 0 Å². The molecule has 1 atom stereocenters. The van der Waals surface area contributed by atoms with Gasteiger partial charge in [0.25, 0.3) is 0 Å². The van der Waals surface area contributed by atoms with E-state index in [0.717, 1.165) is 45.2 Å². The molecule has 0 saturated carbocycles. The van der Waals surface area contributed by atoms with E-state index >= 15 is 0 Å². The first kappa shape index (κ1) is 18.7. The van der Waals surface area contributed by atoms with Gasteiger partial charge in [-0.1, -0.05) is 67.4 Å². The fraction of sp³-hybridized carbons (Fsp3) is 0.240. The largest absolute Gasteiger partial charge is 0.374 e. The van der Waals surface area contributed by atoms with Gasteiger partial charge < -0.3 is 5.32 Å². The highest BCUT2D eigenvalue weighted by molar-refractivity contribution is 6.36. The molecule has 0 bridgehead atoms. The second-order valence-electron chi connectivity index (χ2n) is 8.80. The van der Waals surface area contributed by atoms with Crippen LogP contribution in [0.4, 0.5) is 5.69 Å². The first-order valence-corrected chi connectivity index (χ1v) is 10.6. The van der Waals surface area contributed by atoms with Crippen molar-refractivity contribution in [1.82, 2.24) is 0 Å². The Bertz CT molecular complexity index is 1190. The van der Waals surface area contributed by atoms with Crippen LogP contribution in [0.3, 0.4) is 0 Å². The lowest BCUT2D eigenvalue weighted by Crippen LogP contribution is -2.32. The number of benzene rings is 3. The third-order valence-corrected chi connectivity index (χ3v) is 6.66. The third-order valence-electron chi connectivity index (χ3n) is 6.00. The average Bonchev–Trinajstić information content (AvgIpc) is 2.65. The molecule has 2 nitrogen and oxygen atoms in total. The minimum absolute atomic E-state index is 0.0993. The summed E-state index contributed by atoms with van der Waals surface area (Å²) in [6, 6.07) is 17.8. The van der Waals surface area contributed by atoms with Crippen LogP contribution < -0.4 is 5.32 Å². The summed E-state index contributed by atoms with van der Waals surface area (Å²) < 4.78 is 0. The molecule has 0 radical (unpaired) electrons. The predicted octanol–water partition coefficient (Wildman–Crippen LogP) is 7.46. The molecule has 1 heterocycles. The molecule has 4 heteroatoms. The van der Waals surface area contributed by atoms with Crippen molar-refractivity contribution in [3.63, 3.8) is 0 Å². The van der Waals surface area contributed by atoms with E-state index in [1.54, 1.807) is 0 Å². The fourth-order valence-electron chi connectivity index (χ4n) is 4.78. The van der Waals surface area contributed by atoms with Crippen LogP contribution in [0.15, 0.2) is 60.2 Å². The Morgan fingerprint density at radius 2 is 1.59 bits per heavy atom. The van der Waals surface area contributed by atoms with E-state index in [1.807, 2.05) is 30.3 Å². The number of ketones is 1. The van der Waals surface area contributed by atoms with Gasteiger partial charge in [-0.05, 0) is 52.4 Å². The Hall–Kier alpha value is -2.29. The van der Waals surface area contributed by atoms with Gasteiger partial charge in [-0.15, -0.1) is 0 Å². The van der Waals surface area contributed by atoms with Crippen molar-refractivity contribution < 1.29 is 4.79 Å². The zero-order valence-corrected chi connectivity index (χ0v) is 17.9. The van der Waals surface area contributed by atoms with Crippen molar-refractivity contribution >= 4 is 51.0 Å². The van der Waals surface area contributed by atoms with Gasteiger partial charge in [0.05, 0.1) is 6.04 Å². The standard InChI is InChI=1S/C25H21Cl2NO/c1-25(2)12-17-22(21(29)13-25)16-10-14-6-3-4-7-15(14)11-20(16)28-24(17)23-18(26)8-5-9-19(23)27/h3-11,24,28H,12-13H2,1-2H3/t24-/m1/s1. The number of anilines is 1. The number of halogens is 2. The molecule has 1 aliphatic carbocycles. The van der Waals surface area contributed by atoms with Gasteiger partial charge >= 0.3 is 0 Å². The van der Waals surface area contributed by atoms with Gasteiger partial charge in [-0.3, -0.25) is 4.79 Å². The number of Topliss-reactive ketones (excluding diaryl/α,β-unsaturated/α-hetero) is 1. The van der Waals surface area contributed by atoms with Gasteiger partial charge in [0, 0.05) is 38.9 Å². The van der Waals surface area contributed by atoms with Crippen molar-refractivity contribution in [1.29, 1.82) is 0 Å². The normalized spacial score (nSPS) is 20.3. The molecule has 0 aromatic heterocycles. The van der Waals surface area contributed by atoms with Gasteiger partial charge in [-0.2, -0.15) is 0 Å². The first-order chi connectivity index (χ1) is 13.8. The molecule has 3 aromatic rings. The second-order valence-corrected chi connectivity index (χ2v) is 9.61. The quantitative estimate of drug-likeness (QED) is 0.441. The fourth-order valence-corrected chi connectivity index (χ4v) is 5.40. The van der Waals surface area contributed by atoms with Crippen molar-refractivity contribution in [2.24, 2.45) is 5.41 Å². The molecule has 1 aliphatic heterocycles. The lowest BCUT2D eigenvalue weighted by atomic mass is 9.68. The maximum absolute atomic E-state index is 13.3. The molecule has 1 N–H and O–H groups in total. The van der Waals surface area contributed by atoms with E-state index in [1.165, 1.54) is 0 Å². The summed E-state index contributed by atoms with van der Waals surface area (Å²) in [5, 5.41) is 7.16. The number of hydrogen-bond donors (Lipinski definition) is 1. The van der Waals surface area contributed by atoms with Crippen LogP contribution in [0.5, 0.6) is 0 Å². The highest BCUT2D eigenvalue weighted by Crippen LogP contribution is 2.52. The van der Waals surface area contributed by atoms with Crippen LogP contribution in [-0.4, -0.2) is 5.78 Å². The van der Waals surface area contributed by atoms with Crippen LogP contribution in [0.25, 0.3) is 16.3 Å². The minimum Gasteiger partial charge on any atom is -0.374 e. The maximum atomic E-state index is 13.3. The first-order valence-electron chi connectivity index (χ1n) is 9.84. The molecule has 3 aromatic carbocycles. The molecule has 0 fully saturated rings. The van der Waals surface area contributed by atoms with Crippen LogP contribution in [0, 0.1) is 5.41 Å². The summed E-state index contributed by atoms with van der Waals surface area (Å²) in [4.78, 5) is 13.3. The summed E-state index contributed by atoms with van der Waals surface area (Å²) in [7, 11) is 0. The van der Waals surface area contributed by atoms with E-state index in [2.05, 4.69) is 43.4 Å². The van der Waals surface area contributed by atoms with Gasteiger partial charge in [0.2, 0.25) is 0 Å². The Balaban J connectivity index is 1.81. The van der Waals surface area contributed by atoms with Gasteiger partial charge in [-0.25, -0.2) is 0 Å². The topological polar surface area (TPSA) is 29.1 Å². The number of nitrogens with one attached hydrogen (secondary N) is 1. The molecule has 2 aliphatic rings. The Morgan fingerprint density at radius 1 is 0.931 bits per heavy atom. The highest BCUT2D eigenvalue weighted by Gasteiger charge is 2.41. The summed E-state index contributed by atoms with van der Waals surface area (Å²) >= 11 is 13.2. The number of rotatable bonds is 1. The second kappa shape index (κ2) is 6.62. The van der Waals surface area contributed by atoms with Crippen LogP contribution in [0.1, 0.15) is 43.9 Å². The SMILES string of the molecule is CC1(C)CC(=O)C2=C(C1)[C@H](c1c(Cl)cccc1Cl)Nc1cc3ccccc3cc12. The number of carbonyl (C=O) groups excluding carboxylic acids is 1. The number of hydrogen-bond acceptors (Lipinski definition) is 2. The van der Waals surface area contributed by atoms with Crippen molar-refractivity contribution in [2.75, 3.05) is 5.32 Å². The van der Waals surface area contributed by atoms with E-state index in [0.29, 0.717) is 16.5 Å². The van der Waals surface area contributed by atoms with Crippen molar-refractivity contribution in [2.45, 2.75) is 32.7 Å². The summed E-state index contributed by atoms with van der Waals surface area (Å²) in [6.07, 6.45) is 1.36. The van der Waals surface area contributed by atoms with Crippen LogP contribution >= 0.6 is 23.2 Å². The van der Waals surface area contributed by atoms with E-state index in [-0.39, 0.29) is 17.2 Å². The molecule has 146 valence electrons. The lowest BCUT2D eigenvalue weighted by molar-refractivity contribution is -0.116. The van der Waals surface area contributed by atoms with Crippen molar-refractivity contribution in [3.05, 3.63) is 81.3 Å². The van der Waals surface area contributed by atoms with E-state index in [4.69, 9.17) is 23.2 Å². The smallest absolute Gasteiger partial charge is 0.164 e. The molecular weight excluding hydrogens is 401 g/mol. The molecular formula is C25H21Cl2NO. The molecule has 5 rings (SSSR count). The monoisotopic (exact) mass is 421 g/mol. The Labute approximate surface area is 180 Å². The molecule has 0 unspecified atom stereocenters. The Morgan fingerprint density at radius 3 is 2.28 bits per heavy atom. The summed E-state index contributed by atoms with van der Waals surface area (Å²) in [6.45, 7) is 4.30. The highest BCUT2D eigenvalue weighted by atomic mass is 35.5. The third kappa shape index (κ3) is 3.06. The molecule has 29 heavy (non-hydrogen) atoms. The zero-order valence-electron chi connectivity index (χ0n) is 16.4. The predicted molar refractivity (Wildman–Crippen MR) is 122 cm³/mol. The summed E-state index contributed by atoms with van der Waals surface area (Å²) in [5.41, 5.74) is 4.61. The molecule has 0 spiro atoms. The number of carbonyl (C=O) groups is 1. The number of fused-ring (bicyclic) bond motifs is 3. The van der Waals surface area contributed by atoms with Gasteiger partial charge in [0.15, 0.2) is 5.78 Å². The van der Waals surface area contributed by atoms with Crippen LogP contribution in [0.2, 0.25) is 10.0 Å². The lowest BCUT2D eigenvalue weighted by Gasteiger charge is -2.40. The maximum Gasteiger partial charge on any atom is 0.164 e. The van der Waals surface area contributed by atoms with Crippen molar-refractivity contribution in [3.8, 4) is 0 Å². The van der Waals surface area contributed by atoms with Crippen LogP contribution in [-0.2, 0) is 4.79 Å². The summed E-state index contributed by atoms with van der Waals surface area (Å²) in [5.74, 6) is 0.197. The van der Waals surface area contributed by atoms with E-state index in [9.17, 15) is 4.79 Å². The minimum atomic E-state index is -0.219. The molecule has 0 saturated heterocycles. The Kier molecular flexibility index (Phi) is 4.27.